The lowest BCUT2D eigenvalue weighted by molar-refractivity contribution is 0.0734. The summed E-state index contributed by atoms with van der Waals surface area (Å²) in [6.45, 7) is 1.26. The van der Waals surface area contributed by atoms with Crippen LogP contribution in [0.15, 0.2) is 34.8 Å². The van der Waals surface area contributed by atoms with Gasteiger partial charge in [0.05, 0.1) is 0 Å². The Morgan fingerprint density at radius 3 is 2.67 bits per heavy atom. The van der Waals surface area contributed by atoms with Crippen molar-refractivity contribution in [3.8, 4) is 0 Å². The minimum Gasteiger partial charge on any atom is -0.334 e. The molecule has 0 saturated heterocycles. The number of amides is 1. The molecule has 1 aromatic heterocycles. The Morgan fingerprint density at radius 2 is 1.95 bits per heavy atom. The predicted octanol–water partition coefficient (Wildman–Crippen LogP) is 4.35. The molecule has 0 fully saturated rings. The molecule has 3 rings (SSSR count). The maximum absolute atomic E-state index is 12.6. The number of fused-ring (bicyclic) bond motifs is 1. The van der Waals surface area contributed by atoms with Gasteiger partial charge in [0.25, 0.3) is 5.91 Å². The molecule has 2 aromatic rings. The summed E-state index contributed by atoms with van der Waals surface area (Å²) in [4.78, 5) is 18.3. The van der Waals surface area contributed by atoms with E-state index in [1.54, 1.807) is 17.0 Å². The van der Waals surface area contributed by atoms with Crippen LogP contribution in [-0.2, 0) is 13.0 Å². The smallest absolute Gasteiger partial charge is 0.254 e. The summed E-state index contributed by atoms with van der Waals surface area (Å²) in [6, 6.07) is 9.20. The van der Waals surface area contributed by atoms with Crippen molar-refractivity contribution in [2.75, 3.05) is 6.54 Å². The van der Waals surface area contributed by atoms with Crippen LogP contribution in [0.3, 0.4) is 0 Å². The molecule has 0 radical (unpaired) electrons. The number of rotatable bonds is 1. The summed E-state index contributed by atoms with van der Waals surface area (Å²) in [6.07, 6.45) is 0.840. The van der Waals surface area contributed by atoms with Crippen molar-refractivity contribution in [1.29, 1.82) is 0 Å². The first kappa shape index (κ1) is 14.8. The van der Waals surface area contributed by atoms with Crippen molar-refractivity contribution < 1.29 is 4.79 Å². The zero-order chi connectivity index (χ0) is 15.0. The highest BCUT2D eigenvalue weighted by Gasteiger charge is 2.23. The summed E-state index contributed by atoms with van der Waals surface area (Å²) < 4.78 is 1.03. The molecule has 1 aliphatic rings. The molecule has 1 aliphatic heterocycles. The van der Waals surface area contributed by atoms with Gasteiger partial charge in [-0.15, -0.1) is 0 Å². The Kier molecular flexibility index (Phi) is 4.20. The third-order valence-corrected chi connectivity index (χ3v) is 4.64. The first-order chi connectivity index (χ1) is 10.0. The molecule has 2 heterocycles. The zero-order valence-electron chi connectivity index (χ0n) is 10.9. The molecule has 108 valence electrons. The van der Waals surface area contributed by atoms with Gasteiger partial charge >= 0.3 is 0 Å². The van der Waals surface area contributed by atoms with Gasteiger partial charge < -0.3 is 4.90 Å². The van der Waals surface area contributed by atoms with E-state index in [0.29, 0.717) is 18.7 Å². The van der Waals surface area contributed by atoms with E-state index in [9.17, 15) is 4.79 Å². The van der Waals surface area contributed by atoms with Gasteiger partial charge in [-0.2, -0.15) is 0 Å². The van der Waals surface area contributed by atoms with E-state index in [4.69, 9.17) is 23.2 Å². The average Bonchev–Trinajstić information content (AvgIpc) is 2.45. The molecule has 3 nitrogen and oxygen atoms in total. The van der Waals surface area contributed by atoms with Crippen molar-refractivity contribution in [1.82, 2.24) is 9.88 Å². The van der Waals surface area contributed by atoms with Gasteiger partial charge in [-0.3, -0.25) is 4.79 Å². The summed E-state index contributed by atoms with van der Waals surface area (Å²) in [5, 5.41) is 0.453. The fourth-order valence-electron chi connectivity index (χ4n) is 2.48. The Balaban J connectivity index is 1.89. The molecule has 0 atom stereocenters. The summed E-state index contributed by atoms with van der Waals surface area (Å²) in [5.41, 5.74) is 2.90. The predicted molar refractivity (Wildman–Crippen MR) is 86.8 cm³/mol. The maximum Gasteiger partial charge on any atom is 0.254 e. The van der Waals surface area contributed by atoms with Crippen molar-refractivity contribution in [2.45, 2.75) is 13.0 Å². The first-order valence-corrected chi connectivity index (χ1v) is 7.98. The number of hydrogen-bond donors (Lipinski definition) is 0. The van der Waals surface area contributed by atoms with Crippen molar-refractivity contribution in [3.63, 3.8) is 0 Å². The number of nitrogens with zero attached hydrogens (tertiary/aromatic N) is 2. The molecule has 6 heteroatoms. The van der Waals surface area contributed by atoms with Gasteiger partial charge in [0.2, 0.25) is 0 Å². The molecule has 0 aliphatic carbocycles. The number of hydrogen-bond acceptors (Lipinski definition) is 2. The third-order valence-electron chi connectivity index (χ3n) is 3.51. The molecule has 21 heavy (non-hydrogen) atoms. The van der Waals surface area contributed by atoms with E-state index >= 15 is 0 Å². The zero-order valence-corrected chi connectivity index (χ0v) is 14.0. The summed E-state index contributed by atoms with van der Waals surface area (Å²) >= 11 is 15.3. The second-order valence-electron chi connectivity index (χ2n) is 4.86. The van der Waals surface area contributed by atoms with Crippen molar-refractivity contribution in [2.24, 2.45) is 0 Å². The monoisotopic (exact) mass is 384 g/mol. The van der Waals surface area contributed by atoms with Crippen LogP contribution in [0.1, 0.15) is 21.5 Å². The number of carbonyl (C=O) groups is 1. The van der Waals surface area contributed by atoms with E-state index in [-0.39, 0.29) is 16.2 Å². The Morgan fingerprint density at radius 1 is 1.24 bits per heavy atom. The minimum absolute atomic E-state index is 0.0809. The van der Waals surface area contributed by atoms with Gasteiger partial charge in [-0.25, -0.2) is 4.98 Å². The van der Waals surface area contributed by atoms with Crippen LogP contribution in [-0.4, -0.2) is 22.3 Å². The molecule has 1 amide bonds. The SMILES string of the molecule is O=C(c1cc(Cl)nc(Cl)c1)N1CCc2cccc(Br)c2C1. The molecule has 1 aromatic carbocycles. The minimum atomic E-state index is -0.0809. The fourth-order valence-corrected chi connectivity index (χ4v) is 3.48. The molecular weight excluding hydrogens is 375 g/mol. The van der Waals surface area contributed by atoms with E-state index in [1.807, 2.05) is 12.1 Å². The number of aromatic nitrogens is 1. The van der Waals surface area contributed by atoms with E-state index < -0.39 is 0 Å². The van der Waals surface area contributed by atoms with Crippen LogP contribution < -0.4 is 0 Å². The first-order valence-electron chi connectivity index (χ1n) is 6.43. The highest BCUT2D eigenvalue weighted by Crippen LogP contribution is 2.27. The van der Waals surface area contributed by atoms with E-state index in [0.717, 1.165) is 16.5 Å². The van der Waals surface area contributed by atoms with Gasteiger partial charge in [-0.1, -0.05) is 51.3 Å². The van der Waals surface area contributed by atoms with Crippen molar-refractivity contribution in [3.05, 3.63) is 61.8 Å². The topological polar surface area (TPSA) is 33.2 Å². The largest absolute Gasteiger partial charge is 0.334 e. The number of benzene rings is 1. The molecule has 0 bridgehead atoms. The van der Waals surface area contributed by atoms with Crippen LogP contribution in [0.4, 0.5) is 0 Å². The van der Waals surface area contributed by atoms with Gasteiger partial charge in [0.1, 0.15) is 10.3 Å². The molecule has 0 N–H and O–H groups in total. The second-order valence-corrected chi connectivity index (χ2v) is 6.48. The summed E-state index contributed by atoms with van der Waals surface area (Å²) in [5.74, 6) is -0.0809. The lowest BCUT2D eigenvalue weighted by Gasteiger charge is -2.29. The second kappa shape index (κ2) is 5.95. The van der Waals surface area contributed by atoms with Crippen molar-refractivity contribution >= 4 is 45.0 Å². The average molecular weight is 386 g/mol. The van der Waals surface area contributed by atoms with Gasteiger partial charge in [0.15, 0.2) is 0 Å². The molecular formula is C15H11BrCl2N2O. The van der Waals surface area contributed by atoms with Crippen LogP contribution >= 0.6 is 39.1 Å². The number of pyridine rings is 1. The van der Waals surface area contributed by atoms with Crippen LogP contribution in [0.5, 0.6) is 0 Å². The molecule has 0 unspecified atom stereocenters. The quantitative estimate of drug-likeness (QED) is 0.683. The van der Waals surface area contributed by atoms with E-state index in [1.165, 1.54) is 5.56 Å². The summed E-state index contributed by atoms with van der Waals surface area (Å²) in [7, 11) is 0. The maximum atomic E-state index is 12.6. The normalized spacial score (nSPS) is 14.0. The van der Waals surface area contributed by atoms with E-state index in [2.05, 4.69) is 27.0 Å². The molecule has 0 spiro atoms. The highest BCUT2D eigenvalue weighted by atomic mass is 79.9. The third kappa shape index (κ3) is 3.07. The Hall–Kier alpha value is -1.10. The lowest BCUT2D eigenvalue weighted by atomic mass is 9.99. The van der Waals surface area contributed by atoms with Gasteiger partial charge in [0, 0.05) is 23.1 Å². The Labute approximate surface area is 141 Å². The molecule has 0 saturated carbocycles. The van der Waals surface area contributed by atoms with Crippen LogP contribution in [0.2, 0.25) is 10.3 Å². The van der Waals surface area contributed by atoms with Crippen LogP contribution in [0, 0.1) is 0 Å². The highest BCUT2D eigenvalue weighted by molar-refractivity contribution is 9.10. The number of halogens is 3. The Bertz CT molecular complexity index is 701. The number of carbonyl (C=O) groups excluding carboxylic acids is 1. The van der Waals surface area contributed by atoms with Gasteiger partial charge in [-0.05, 0) is 35.7 Å². The standard InChI is InChI=1S/C15H11BrCl2N2O/c16-12-3-1-2-9-4-5-20(8-11(9)12)15(21)10-6-13(17)19-14(18)7-10/h1-3,6-7H,4-5,8H2. The van der Waals surface area contributed by atoms with Crippen LogP contribution in [0.25, 0.3) is 0 Å². The fraction of sp³-hybridized carbons (Fsp3) is 0.200. The lowest BCUT2D eigenvalue weighted by Crippen LogP contribution is -2.36.